The van der Waals surface area contributed by atoms with Crippen LogP contribution in [0.3, 0.4) is 0 Å². The lowest BCUT2D eigenvalue weighted by Gasteiger charge is -2.12. The maximum Gasteiger partial charge on any atom is 0.342 e. The van der Waals surface area contributed by atoms with E-state index in [0.717, 1.165) is 31.4 Å². The number of nitrogens with zero attached hydrogens (tertiary/aromatic N) is 2. The van der Waals surface area contributed by atoms with Gasteiger partial charge in [0, 0.05) is 29.6 Å². The van der Waals surface area contributed by atoms with Crippen LogP contribution in [0.4, 0.5) is 14.9 Å². The van der Waals surface area contributed by atoms with Crippen LogP contribution in [0.15, 0.2) is 48.5 Å². The molecule has 0 atom stereocenters. The van der Waals surface area contributed by atoms with Gasteiger partial charge in [0.2, 0.25) is 5.91 Å². The molecule has 0 unspecified atom stereocenters. The van der Waals surface area contributed by atoms with Crippen LogP contribution in [0.25, 0.3) is 11.3 Å². The van der Waals surface area contributed by atoms with Crippen molar-refractivity contribution in [3.05, 3.63) is 65.6 Å². The monoisotopic (exact) mass is 464 g/mol. The number of aromatic hydroxyl groups is 1. The summed E-state index contributed by atoms with van der Waals surface area (Å²) in [7, 11) is 0. The predicted octanol–water partition coefficient (Wildman–Crippen LogP) is 5.40. The Bertz CT molecular complexity index is 1200. The van der Waals surface area contributed by atoms with Gasteiger partial charge in [-0.2, -0.15) is 9.78 Å². The van der Waals surface area contributed by atoms with Gasteiger partial charge in [-0.3, -0.25) is 4.79 Å². The smallest absolute Gasteiger partial charge is 0.342 e. The SMILES string of the molecule is CC(C)C(=O)Nc1ccc(O)c(-c2cc(C3CCCC3)n(C(=O)NCc3cccc(F)c3)n2)c1. The average Bonchev–Trinajstić information content (AvgIpc) is 3.49. The molecule has 0 spiro atoms. The average molecular weight is 465 g/mol. The van der Waals surface area contributed by atoms with E-state index >= 15 is 0 Å². The summed E-state index contributed by atoms with van der Waals surface area (Å²) in [5.74, 6) is -0.491. The van der Waals surface area contributed by atoms with Crippen molar-refractivity contribution in [2.24, 2.45) is 5.92 Å². The minimum Gasteiger partial charge on any atom is -0.507 e. The molecule has 0 saturated heterocycles. The summed E-state index contributed by atoms with van der Waals surface area (Å²) in [6.07, 6.45) is 4.08. The van der Waals surface area contributed by atoms with E-state index in [0.29, 0.717) is 22.5 Å². The third-order valence-electron chi connectivity index (χ3n) is 6.10. The van der Waals surface area contributed by atoms with Gasteiger partial charge in [-0.1, -0.05) is 38.8 Å². The van der Waals surface area contributed by atoms with Crippen molar-refractivity contribution in [2.75, 3.05) is 5.32 Å². The highest BCUT2D eigenvalue weighted by Gasteiger charge is 2.26. The van der Waals surface area contributed by atoms with Crippen LogP contribution in [0.1, 0.15) is 56.7 Å². The number of carbonyl (C=O) groups is 2. The van der Waals surface area contributed by atoms with E-state index in [1.165, 1.54) is 22.9 Å². The molecule has 0 bridgehead atoms. The first-order valence-electron chi connectivity index (χ1n) is 11.6. The largest absolute Gasteiger partial charge is 0.507 e. The van der Waals surface area contributed by atoms with E-state index in [1.807, 2.05) is 6.07 Å². The van der Waals surface area contributed by atoms with Crippen molar-refractivity contribution >= 4 is 17.6 Å². The molecule has 8 heteroatoms. The van der Waals surface area contributed by atoms with Gasteiger partial charge in [-0.15, -0.1) is 0 Å². The van der Waals surface area contributed by atoms with Crippen molar-refractivity contribution < 1.29 is 19.1 Å². The van der Waals surface area contributed by atoms with E-state index in [-0.39, 0.29) is 35.9 Å². The third-order valence-corrected chi connectivity index (χ3v) is 6.10. The molecule has 2 amide bonds. The topological polar surface area (TPSA) is 96.2 Å². The molecule has 1 heterocycles. The van der Waals surface area contributed by atoms with Crippen molar-refractivity contribution in [3.63, 3.8) is 0 Å². The van der Waals surface area contributed by atoms with Gasteiger partial charge in [-0.05, 0) is 54.8 Å². The summed E-state index contributed by atoms with van der Waals surface area (Å²) < 4.78 is 14.8. The Kier molecular flexibility index (Phi) is 6.95. The second-order valence-electron chi connectivity index (χ2n) is 9.01. The molecule has 3 N–H and O–H groups in total. The fourth-order valence-electron chi connectivity index (χ4n) is 4.21. The summed E-state index contributed by atoms with van der Waals surface area (Å²) in [5.41, 5.74) is 2.84. The highest BCUT2D eigenvalue weighted by Crippen LogP contribution is 2.38. The van der Waals surface area contributed by atoms with Gasteiger partial charge in [0.15, 0.2) is 0 Å². The van der Waals surface area contributed by atoms with Crippen LogP contribution >= 0.6 is 0 Å². The molecule has 178 valence electrons. The fraction of sp³-hybridized carbons (Fsp3) is 0.346. The molecule has 34 heavy (non-hydrogen) atoms. The van der Waals surface area contributed by atoms with Crippen molar-refractivity contribution in [3.8, 4) is 17.0 Å². The first-order chi connectivity index (χ1) is 16.3. The maximum absolute atomic E-state index is 13.5. The lowest BCUT2D eigenvalue weighted by Crippen LogP contribution is -2.30. The molecule has 0 radical (unpaired) electrons. The van der Waals surface area contributed by atoms with Crippen molar-refractivity contribution in [1.29, 1.82) is 0 Å². The number of phenols is 1. The van der Waals surface area contributed by atoms with Crippen LogP contribution in [0.2, 0.25) is 0 Å². The Morgan fingerprint density at radius 3 is 2.62 bits per heavy atom. The van der Waals surface area contributed by atoms with Gasteiger partial charge >= 0.3 is 6.03 Å². The quantitative estimate of drug-likeness (QED) is 0.425. The number of hydrogen-bond donors (Lipinski definition) is 3. The number of halogens is 1. The van der Waals surface area contributed by atoms with Crippen LogP contribution < -0.4 is 10.6 Å². The molecule has 4 rings (SSSR count). The van der Waals surface area contributed by atoms with Gasteiger partial charge < -0.3 is 15.7 Å². The van der Waals surface area contributed by atoms with Crippen molar-refractivity contribution in [2.45, 2.75) is 52.0 Å². The zero-order chi connectivity index (χ0) is 24.2. The number of benzene rings is 2. The zero-order valence-electron chi connectivity index (χ0n) is 19.3. The molecular weight excluding hydrogens is 435 g/mol. The molecule has 1 aliphatic rings. The molecule has 3 aromatic rings. The van der Waals surface area contributed by atoms with E-state index < -0.39 is 6.03 Å². The van der Waals surface area contributed by atoms with Gasteiger partial charge in [0.1, 0.15) is 11.6 Å². The summed E-state index contributed by atoms with van der Waals surface area (Å²) in [6.45, 7) is 3.77. The number of phenolic OH excluding ortho intramolecular Hbond substituents is 1. The second-order valence-corrected chi connectivity index (χ2v) is 9.01. The number of anilines is 1. The van der Waals surface area contributed by atoms with Gasteiger partial charge in [0.25, 0.3) is 0 Å². The second kappa shape index (κ2) is 10.1. The highest BCUT2D eigenvalue weighted by atomic mass is 19.1. The lowest BCUT2D eigenvalue weighted by molar-refractivity contribution is -0.118. The number of rotatable bonds is 6. The number of carbonyl (C=O) groups excluding carboxylic acids is 2. The van der Waals surface area contributed by atoms with E-state index in [9.17, 15) is 19.1 Å². The number of aromatic nitrogens is 2. The zero-order valence-corrected chi connectivity index (χ0v) is 19.3. The molecule has 1 aliphatic carbocycles. The molecule has 0 aliphatic heterocycles. The molecule has 1 fully saturated rings. The minimum absolute atomic E-state index is 0.00494. The number of amides is 2. The Balaban J connectivity index is 1.63. The van der Waals surface area contributed by atoms with E-state index in [1.54, 1.807) is 38.1 Å². The normalized spacial score (nSPS) is 13.9. The van der Waals surface area contributed by atoms with Crippen molar-refractivity contribution in [1.82, 2.24) is 15.1 Å². The molecule has 7 nitrogen and oxygen atoms in total. The Morgan fingerprint density at radius 1 is 1.15 bits per heavy atom. The number of hydrogen-bond acceptors (Lipinski definition) is 4. The predicted molar refractivity (Wildman–Crippen MR) is 128 cm³/mol. The summed E-state index contributed by atoms with van der Waals surface area (Å²) in [6, 6.07) is 12.3. The maximum atomic E-state index is 13.5. The standard InChI is InChI=1S/C26H29FN4O3/c1-16(2)25(33)29-20-10-11-24(32)21(13-20)22-14-23(18-7-3-4-8-18)31(30-22)26(34)28-15-17-6-5-9-19(27)12-17/h5-6,9-14,16,18,32H,3-4,7-8,15H2,1-2H3,(H,28,34)(H,29,33). The van der Waals surface area contributed by atoms with Gasteiger partial charge in [0.05, 0.1) is 11.4 Å². The Hall–Kier alpha value is -3.68. The summed E-state index contributed by atoms with van der Waals surface area (Å²) in [4.78, 5) is 25.2. The van der Waals surface area contributed by atoms with Crippen LogP contribution in [0.5, 0.6) is 5.75 Å². The third kappa shape index (κ3) is 5.27. The van der Waals surface area contributed by atoms with Crippen LogP contribution in [-0.2, 0) is 11.3 Å². The van der Waals surface area contributed by atoms with Crippen LogP contribution in [-0.4, -0.2) is 26.8 Å². The number of nitrogens with one attached hydrogen (secondary N) is 2. The molecule has 1 saturated carbocycles. The Labute approximate surface area is 198 Å². The van der Waals surface area contributed by atoms with E-state index in [2.05, 4.69) is 15.7 Å². The lowest BCUT2D eigenvalue weighted by atomic mass is 10.0. The van der Waals surface area contributed by atoms with Gasteiger partial charge in [-0.25, -0.2) is 9.18 Å². The molecular formula is C26H29FN4O3. The fourth-order valence-corrected chi connectivity index (χ4v) is 4.21. The Morgan fingerprint density at radius 2 is 1.91 bits per heavy atom. The highest BCUT2D eigenvalue weighted by molar-refractivity contribution is 5.93. The first kappa shape index (κ1) is 23.5. The van der Waals surface area contributed by atoms with E-state index in [4.69, 9.17) is 0 Å². The minimum atomic E-state index is -0.416. The molecule has 1 aromatic heterocycles. The summed E-state index contributed by atoms with van der Waals surface area (Å²) in [5, 5.41) is 20.7. The first-order valence-corrected chi connectivity index (χ1v) is 11.6. The summed E-state index contributed by atoms with van der Waals surface area (Å²) >= 11 is 0. The van der Waals surface area contributed by atoms with Crippen LogP contribution in [0, 0.1) is 11.7 Å². The molecule has 2 aromatic carbocycles.